The van der Waals surface area contributed by atoms with Gasteiger partial charge < -0.3 is 10.0 Å². The minimum absolute atomic E-state index is 0.0685. The molecule has 1 saturated heterocycles. The summed E-state index contributed by atoms with van der Waals surface area (Å²) < 4.78 is 0. The molecule has 0 radical (unpaired) electrons. The average molecular weight is 428 g/mol. The molecular weight excluding hydrogens is 398 g/mol. The Kier molecular flexibility index (Phi) is 7.25. The second kappa shape index (κ2) is 10.5. The van der Waals surface area contributed by atoms with Crippen molar-refractivity contribution in [3.63, 3.8) is 0 Å². The highest BCUT2D eigenvalue weighted by molar-refractivity contribution is 6.02. The van der Waals surface area contributed by atoms with Crippen LogP contribution in [0.1, 0.15) is 38.6 Å². The molecular formula is C28H29NO3. The number of nitrogens with zero attached hydrogens (tertiary/aromatic N) is 1. The fourth-order valence-corrected chi connectivity index (χ4v) is 4.88. The topological polar surface area (TPSA) is 57.6 Å². The Morgan fingerprint density at radius 3 is 1.59 bits per heavy atom. The van der Waals surface area contributed by atoms with Gasteiger partial charge in [-0.15, -0.1) is 0 Å². The molecule has 32 heavy (non-hydrogen) atoms. The first kappa shape index (κ1) is 22.1. The minimum atomic E-state index is -0.343. The number of rotatable bonds is 8. The van der Waals surface area contributed by atoms with Crippen LogP contribution in [0.5, 0.6) is 0 Å². The fraction of sp³-hybridized carbons (Fsp3) is 0.286. The Bertz CT molecular complexity index is 959. The van der Waals surface area contributed by atoms with Gasteiger partial charge in [-0.25, -0.2) is 0 Å². The van der Waals surface area contributed by atoms with Crippen LogP contribution in [0.4, 0.5) is 0 Å². The molecule has 164 valence electrons. The molecule has 3 aromatic carbocycles. The Balaban J connectivity index is 1.77. The summed E-state index contributed by atoms with van der Waals surface area (Å²) in [5.41, 5.74) is 2.37. The molecule has 4 nitrogen and oxygen atoms in total. The van der Waals surface area contributed by atoms with Gasteiger partial charge in [-0.1, -0.05) is 91.0 Å². The molecule has 1 fully saturated rings. The predicted octanol–water partition coefficient (Wildman–Crippen LogP) is 4.47. The second-order valence-corrected chi connectivity index (χ2v) is 8.45. The molecule has 0 bridgehead atoms. The Morgan fingerprint density at radius 2 is 1.16 bits per heavy atom. The van der Waals surface area contributed by atoms with Crippen molar-refractivity contribution in [2.45, 2.75) is 12.3 Å². The summed E-state index contributed by atoms with van der Waals surface area (Å²) in [6.07, 6.45) is 0.620. The van der Waals surface area contributed by atoms with Crippen molar-refractivity contribution in [3.8, 4) is 0 Å². The van der Waals surface area contributed by atoms with E-state index in [4.69, 9.17) is 0 Å². The zero-order valence-electron chi connectivity index (χ0n) is 18.1. The van der Waals surface area contributed by atoms with Crippen LogP contribution in [0.3, 0.4) is 0 Å². The van der Waals surface area contributed by atoms with Gasteiger partial charge in [-0.2, -0.15) is 0 Å². The molecule has 1 N–H and O–H groups in total. The molecule has 3 aromatic rings. The van der Waals surface area contributed by atoms with Crippen molar-refractivity contribution in [2.24, 2.45) is 11.8 Å². The first-order valence-electron chi connectivity index (χ1n) is 11.3. The van der Waals surface area contributed by atoms with E-state index >= 15 is 0 Å². The lowest BCUT2D eigenvalue weighted by molar-refractivity contribution is 0.0560. The largest absolute Gasteiger partial charge is 0.396 e. The van der Waals surface area contributed by atoms with E-state index < -0.39 is 0 Å². The van der Waals surface area contributed by atoms with Gasteiger partial charge in [0.25, 0.3) is 0 Å². The lowest BCUT2D eigenvalue weighted by atomic mass is 9.68. The predicted molar refractivity (Wildman–Crippen MR) is 126 cm³/mol. The SMILES string of the molecule is O=C(c1ccccc1)[C@H]1CN(CCCO)C[C@@H](C(=O)c2ccccc2)C1c1ccccc1. The Labute approximate surface area is 189 Å². The van der Waals surface area contributed by atoms with Gasteiger partial charge in [0.2, 0.25) is 0 Å². The first-order chi connectivity index (χ1) is 15.7. The zero-order chi connectivity index (χ0) is 22.3. The molecule has 1 unspecified atom stereocenters. The summed E-state index contributed by atoms with van der Waals surface area (Å²) in [5, 5.41) is 9.37. The highest BCUT2D eigenvalue weighted by Crippen LogP contribution is 2.40. The number of piperidine rings is 1. The number of ketones is 2. The number of likely N-dealkylation sites (tertiary alicyclic amines) is 1. The molecule has 0 spiro atoms. The number of aliphatic hydroxyl groups excluding tert-OH is 1. The number of hydrogen-bond acceptors (Lipinski definition) is 4. The first-order valence-corrected chi connectivity index (χ1v) is 11.3. The fourth-order valence-electron chi connectivity index (χ4n) is 4.88. The molecule has 1 aliphatic rings. The zero-order valence-corrected chi connectivity index (χ0v) is 18.1. The van der Waals surface area contributed by atoms with Gasteiger partial charge in [-0.3, -0.25) is 9.59 Å². The van der Waals surface area contributed by atoms with Crippen molar-refractivity contribution in [1.29, 1.82) is 0 Å². The van der Waals surface area contributed by atoms with E-state index in [1.54, 1.807) is 0 Å². The van der Waals surface area contributed by atoms with E-state index in [2.05, 4.69) is 4.90 Å². The molecule has 0 amide bonds. The number of carbonyl (C=O) groups is 2. The van der Waals surface area contributed by atoms with Crippen molar-refractivity contribution in [2.75, 3.05) is 26.2 Å². The summed E-state index contributed by atoms with van der Waals surface area (Å²) in [6.45, 7) is 1.90. The Morgan fingerprint density at radius 1 is 0.719 bits per heavy atom. The Hall–Kier alpha value is -3.08. The lowest BCUT2D eigenvalue weighted by Gasteiger charge is -2.43. The van der Waals surface area contributed by atoms with Crippen LogP contribution in [0, 0.1) is 11.8 Å². The van der Waals surface area contributed by atoms with E-state index in [-0.39, 0.29) is 35.9 Å². The van der Waals surface area contributed by atoms with E-state index in [1.807, 2.05) is 91.0 Å². The van der Waals surface area contributed by atoms with Crippen molar-refractivity contribution < 1.29 is 14.7 Å². The molecule has 0 saturated carbocycles. The minimum Gasteiger partial charge on any atom is -0.396 e. The van der Waals surface area contributed by atoms with Crippen LogP contribution in [0.2, 0.25) is 0 Å². The molecule has 1 aliphatic heterocycles. The lowest BCUT2D eigenvalue weighted by Crippen LogP contribution is -2.50. The van der Waals surface area contributed by atoms with Gasteiger partial charge in [0.1, 0.15) is 0 Å². The van der Waals surface area contributed by atoms with Crippen molar-refractivity contribution in [3.05, 3.63) is 108 Å². The number of hydrogen-bond donors (Lipinski definition) is 1. The summed E-state index contributed by atoms with van der Waals surface area (Å²) >= 11 is 0. The van der Waals surface area contributed by atoms with E-state index in [9.17, 15) is 14.7 Å². The monoisotopic (exact) mass is 427 g/mol. The van der Waals surface area contributed by atoms with Gasteiger partial charge in [0.05, 0.1) is 0 Å². The standard InChI is InChI=1S/C28H29NO3/c30-18-10-17-29-19-24(27(31)22-13-6-2-7-14-22)26(21-11-4-1-5-12-21)25(20-29)28(32)23-15-8-3-9-16-23/h1-9,11-16,24-26,30H,10,17-20H2/t24-,25+,26?. The van der Waals surface area contributed by atoms with Gasteiger partial charge in [-0.05, 0) is 12.0 Å². The summed E-state index contributed by atoms with van der Waals surface area (Å²) in [5.74, 6) is -0.755. The van der Waals surface area contributed by atoms with Gasteiger partial charge >= 0.3 is 0 Å². The molecule has 4 rings (SSSR count). The van der Waals surface area contributed by atoms with E-state index in [1.165, 1.54) is 0 Å². The maximum Gasteiger partial charge on any atom is 0.167 e. The molecule has 0 aliphatic carbocycles. The number of aliphatic hydroxyl groups is 1. The third-order valence-corrected chi connectivity index (χ3v) is 6.38. The van der Waals surface area contributed by atoms with Crippen molar-refractivity contribution >= 4 is 11.6 Å². The third kappa shape index (κ3) is 4.87. The van der Waals surface area contributed by atoms with Crippen LogP contribution < -0.4 is 0 Å². The maximum atomic E-state index is 13.7. The summed E-state index contributed by atoms with van der Waals surface area (Å²) in [4.78, 5) is 29.6. The third-order valence-electron chi connectivity index (χ3n) is 6.38. The summed E-state index contributed by atoms with van der Waals surface area (Å²) in [7, 11) is 0. The molecule has 4 heteroatoms. The number of carbonyl (C=O) groups excluding carboxylic acids is 2. The molecule has 1 heterocycles. The van der Waals surface area contributed by atoms with Gasteiger partial charge in [0, 0.05) is 55.1 Å². The number of benzene rings is 3. The van der Waals surface area contributed by atoms with Gasteiger partial charge in [0.15, 0.2) is 11.6 Å². The molecule has 0 aromatic heterocycles. The quantitative estimate of drug-likeness (QED) is 0.539. The van der Waals surface area contributed by atoms with Crippen LogP contribution in [0.15, 0.2) is 91.0 Å². The van der Waals surface area contributed by atoms with Crippen LogP contribution in [0.25, 0.3) is 0 Å². The van der Waals surface area contributed by atoms with Crippen molar-refractivity contribution in [1.82, 2.24) is 4.90 Å². The van der Waals surface area contributed by atoms with Crippen LogP contribution in [-0.4, -0.2) is 47.8 Å². The highest BCUT2D eigenvalue weighted by Gasteiger charge is 2.44. The maximum absolute atomic E-state index is 13.7. The average Bonchev–Trinajstić information content (AvgIpc) is 2.87. The van der Waals surface area contributed by atoms with Crippen LogP contribution >= 0.6 is 0 Å². The summed E-state index contributed by atoms with van der Waals surface area (Å²) in [6, 6.07) is 28.7. The molecule has 3 atom stereocenters. The number of Topliss-reactive ketones (excluding diaryl/α,β-unsaturated/α-hetero) is 2. The normalized spacial score (nSPS) is 21.2. The highest BCUT2D eigenvalue weighted by atomic mass is 16.3. The van der Waals surface area contributed by atoms with E-state index in [0.717, 1.165) is 5.56 Å². The van der Waals surface area contributed by atoms with E-state index in [0.29, 0.717) is 37.2 Å². The second-order valence-electron chi connectivity index (χ2n) is 8.45. The smallest absolute Gasteiger partial charge is 0.167 e. The van der Waals surface area contributed by atoms with Crippen LogP contribution in [-0.2, 0) is 0 Å².